The third-order valence-corrected chi connectivity index (χ3v) is 6.76. The molecule has 3 unspecified atom stereocenters. The zero-order valence-electron chi connectivity index (χ0n) is 12.1. The van der Waals surface area contributed by atoms with E-state index < -0.39 is 69.4 Å². The van der Waals surface area contributed by atoms with Crippen molar-refractivity contribution in [3.05, 3.63) is 20.8 Å². The summed E-state index contributed by atoms with van der Waals surface area (Å²) >= 11 is 0. The van der Waals surface area contributed by atoms with Crippen LogP contribution in [0.4, 0.5) is 0 Å². The Morgan fingerprint density at radius 2 is 2.00 bits per heavy atom. The Morgan fingerprint density at radius 1 is 1.19 bits per heavy atom. The van der Waals surface area contributed by atoms with Crippen LogP contribution in [0.2, 0.25) is 0 Å². The van der Waals surface area contributed by atoms with Gasteiger partial charge in [0.05, 0.1) is 0 Å². The van der Waals surface area contributed by atoms with Crippen LogP contribution in [0.5, 0.6) is 11.6 Å². The summed E-state index contributed by atoms with van der Waals surface area (Å²) in [7, 11) is -8.51. The zero-order valence-corrected chi connectivity index (χ0v) is 13.9. The maximum absolute atomic E-state index is 12.6. The molecule has 0 radical (unpaired) electrons. The number of hydrogen-bond donors (Lipinski definition) is 1. The molecule has 1 aromatic heterocycles. The Balaban J connectivity index is 1.58. The highest BCUT2D eigenvalue weighted by molar-refractivity contribution is 7.50. The second kappa shape index (κ2) is 4.24. The number of nitrogens with zero attached hydrogens (tertiary/aromatic N) is 2. The summed E-state index contributed by atoms with van der Waals surface area (Å²) in [4.78, 5) is 29.3. The Hall–Kier alpha value is -1.70. The van der Waals surface area contributed by atoms with Crippen LogP contribution in [0.15, 0.2) is 9.59 Å². The first kappa shape index (κ1) is 15.4. The van der Waals surface area contributed by atoms with E-state index >= 15 is 0 Å². The lowest BCUT2D eigenvalue weighted by Gasteiger charge is -2.21. The van der Waals surface area contributed by atoms with E-state index in [0.717, 1.165) is 0 Å². The molecule has 0 amide bonds. The van der Waals surface area contributed by atoms with Gasteiger partial charge in [0.1, 0.15) is 12.7 Å². The van der Waals surface area contributed by atoms with Gasteiger partial charge >= 0.3 is 26.9 Å². The van der Waals surface area contributed by atoms with E-state index in [4.69, 9.17) is 22.8 Å². The van der Waals surface area contributed by atoms with Crippen LogP contribution in [0.1, 0.15) is 6.23 Å². The molecule has 3 fully saturated rings. The second-order valence-corrected chi connectivity index (χ2v) is 8.65. The molecular formula is C9H6N2O13P2. The van der Waals surface area contributed by atoms with E-state index in [1.54, 1.807) is 0 Å². The van der Waals surface area contributed by atoms with Crippen molar-refractivity contribution in [2.75, 3.05) is 6.61 Å². The van der Waals surface area contributed by atoms with Crippen LogP contribution in [0.3, 0.4) is 0 Å². The first-order chi connectivity index (χ1) is 12.2. The summed E-state index contributed by atoms with van der Waals surface area (Å²) in [6, 6.07) is 0. The summed E-state index contributed by atoms with van der Waals surface area (Å²) < 4.78 is 59.9. The van der Waals surface area contributed by atoms with Crippen molar-refractivity contribution in [3.8, 4) is 11.6 Å². The molecule has 17 heteroatoms. The fourth-order valence-corrected chi connectivity index (χ4v) is 5.86. The van der Waals surface area contributed by atoms with Crippen LogP contribution >= 0.6 is 15.6 Å². The Labute approximate surface area is 140 Å². The fourth-order valence-electron chi connectivity index (χ4n) is 3.24. The lowest BCUT2D eigenvalue weighted by atomic mass is 10.1. The summed E-state index contributed by atoms with van der Waals surface area (Å²) in [6.45, 7) is -0.403. The van der Waals surface area contributed by atoms with Gasteiger partial charge in [0.2, 0.25) is 5.79 Å². The largest absolute Gasteiger partial charge is 0.668 e. The van der Waals surface area contributed by atoms with Crippen LogP contribution in [0, 0.1) is 0 Å². The normalized spacial score (nSPS) is 46.6. The molecule has 0 aromatic carbocycles. The van der Waals surface area contributed by atoms with Crippen molar-refractivity contribution in [2.45, 2.75) is 24.2 Å². The van der Waals surface area contributed by atoms with Gasteiger partial charge in [-0.1, -0.05) is 4.73 Å². The van der Waals surface area contributed by atoms with E-state index in [0.29, 0.717) is 4.57 Å². The van der Waals surface area contributed by atoms with E-state index in [9.17, 15) is 23.8 Å². The van der Waals surface area contributed by atoms with E-state index in [2.05, 4.69) is 14.2 Å². The van der Waals surface area contributed by atoms with Crippen molar-refractivity contribution >= 4 is 15.6 Å². The van der Waals surface area contributed by atoms with Gasteiger partial charge < -0.3 is 18.9 Å². The minimum Gasteiger partial charge on any atom is -0.373 e. The predicted octanol–water partition coefficient (Wildman–Crippen LogP) is -1.60. The molecule has 6 heterocycles. The van der Waals surface area contributed by atoms with Crippen LogP contribution < -0.4 is 24.9 Å². The molecule has 5 aliphatic rings. The molecule has 0 spiro atoms. The second-order valence-electron chi connectivity index (χ2n) is 5.79. The molecule has 140 valence electrons. The maximum Gasteiger partial charge on any atom is 0.668 e. The molecule has 26 heavy (non-hydrogen) atoms. The molecule has 5 bridgehead atoms. The number of phosphoric acid groups is 2. The van der Waals surface area contributed by atoms with Crippen LogP contribution in [-0.2, 0) is 32.5 Å². The zero-order chi connectivity index (χ0) is 18.1. The van der Waals surface area contributed by atoms with Crippen LogP contribution in [-0.4, -0.2) is 39.0 Å². The molecule has 0 aliphatic carbocycles. The van der Waals surface area contributed by atoms with Crippen LogP contribution in [0.25, 0.3) is 0 Å². The highest BCUT2D eigenvalue weighted by Crippen LogP contribution is 2.68. The highest BCUT2D eigenvalue weighted by Gasteiger charge is 2.72. The molecule has 1 aromatic rings. The highest BCUT2D eigenvalue weighted by atomic mass is 31.2. The minimum absolute atomic E-state index is 0.174. The van der Waals surface area contributed by atoms with Gasteiger partial charge in [-0.3, -0.25) is 13.9 Å². The molecule has 3 saturated heterocycles. The van der Waals surface area contributed by atoms with Crippen molar-refractivity contribution in [1.29, 1.82) is 0 Å². The fraction of sp³-hybridized carbons (Fsp3) is 0.556. The standard InChI is InChI=1S/C9H6N2O13P2/c12-5-3-6-10(8(13)11(5)23-25(15,19-3)21-6)7-4-9(14)2(18-7)1-17-24-26(16,20-4)22-9/h2,4,7,14H,1H2/t2-,4?,7-,9+,25?,26?/m1/s1. The van der Waals surface area contributed by atoms with Gasteiger partial charge in [0.15, 0.2) is 12.3 Å². The Morgan fingerprint density at radius 3 is 2.81 bits per heavy atom. The molecular weight excluding hydrogens is 406 g/mol. The first-order valence-electron chi connectivity index (χ1n) is 7.02. The van der Waals surface area contributed by atoms with Crippen molar-refractivity contribution in [2.24, 2.45) is 0 Å². The quantitative estimate of drug-likeness (QED) is 0.413. The van der Waals surface area contributed by atoms with Gasteiger partial charge in [0, 0.05) is 0 Å². The van der Waals surface area contributed by atoms with Crippen molar-refractivity contribution in [3.63, 3.8) is 0 Å². The first-order valence-corrected chi connectivity index (χ1v) is 9.94. The Bertz CT molecular complexity index is 1090. The molecule has 6 atom stereocenters. The lowest BCUT2D eigenvalue weighted by molar-refractivity contribution is -0.242. The number of hydrogen-bond acceptors (Lipinski definition) is 13. The Kier molecular flexibility index (Phi) is 2.50. The van der Waals surface area contributed by atoms with Gasteiger partial charge in [0.25, 0.3) is 11.6 Å². The average Bonchev–Trinajstić information content (AvgIpc) is 3.04. The molecule has 15 nitrogen and oxygen atoms in total. The summed E-state index contributed by atoms with van der Waals surface area (Å²) in [5.41, 5.74) is -2.17. The third-order valence-electron chi connectivity index (χ3n) is 4.30. The smallest absolute Gasteiger partial charge is 0.373 e. The van der Waals surface area contributed by atoms with E-state index in [-0.39, 0.29) is 4.73 Å². The van der Waals surface area contributed by atoms with E-state index in [1.165, 1.54) is 0 Å². The molecule has 1 N–H and O–H groups in total. The SMILES string of the molecule is O=c1c2c3n([C@@H]4O[C@@H]5COOP6(=O)OC4[C@@]5(O)O6)c(=O)n1OP(=O)(O2)O3. The van der Waals surface area contributed by atoms with Gasteiger partial charge in [-0.2, -0.15) is 4.57 Å². The van der Waals surface area contributed by atoms with Crippen molar-refractivity contribution < 1.29 is 51.3 Å². The summed E-state index contributed by atoms with van der Waals surface area (Å²) in [5, 5.41) is 10.7. The number of aliphatic hydroxyl groups is 1. The van der Waals surface area contributed by atoms with Gasteiger partial charge in [-0.25, -0.2) is 23.3 Å². The average molecular weight is 412 g/mol. The molecule has 6 rings (SSSR count). The topological polar surface area (TPSA) is 172 Å². The number of rotatable bonds is 1. The number of ether oxygens (including phenoxy) is 1. The lowest BCUT2D eigenvalue weighted by Crippen LogP contribution is -2.48. The minimum atomic E-state index is -4.28. The van der Waals surface area contributed by atoms with Gasteiger partial charge in [-0.05, 0) is 0 Å². The summed E-state index contributed by atoms with van der Waals surface area (Å²) in [5.74, 6) is -3.36. The van der Waals surface area contributed by atoms with Crippen molar-refractivity contribution in [1.82, 2.24) is 9.30 Å². The summed E-state index contributed by atoms with van der Waals surface area (Å²) in [6.07, 6.45) is -4.32. The third kappa shape index (κ3) is 1.61. The monoisotopic (exact) mass is 412 g/mol. The maximum atomic E-state index is 12.6. The number of phosphoric ester groups is 2. The molecule has 5 aliphatic heterocycles. The van der Waals surface area contributed by atoms with E-state index in [1.807, 2.05) is 0 Å². The van der Waals surface area contributed by atoms with Gasteiger partial charge in [-0.15, -0.1) is 4.67 Å². The number of fused-ring (bicyclic) bond motifs is 3. The predicted molar refractivity (Wildman–Crippen MR) is 69.9 cm³/mol. The molecule has 0 saturated carbocycles. The number of aromatic nitrogens is 2.